The fourth-order valence-corrected chi connectivity index (χ4v) is 1.67. The van der Waals surface area contributed by atoms with Crippen molar-refractivity contribution in [1.82, 2.24) is 15.3 Å². The summed E-state index contributed by atoms with van der Waals surface area (Å²) in [5.41, 5.74) is -0.00192. The van der Waals surface area contributed by atoms with Crippen LogP contribution >= 0.6 is 23.4 Å². The molecule has 7 heteroatoms. The number of amides is 1. The van der Waals surface area contributed by atoms with Crippen LogP contribution in [0, 0.1) is 11.8 Å². The van der Waals surface area contributed by atoms with Gasteiger partial charge < -0.3 is 10.1 Å². The smallest absolute Gasteiger partial charge is 0.408 e. The molecule has 0 fully saturated rings. The minimum absolute atomic E-state index is 0.162. The van der Waals surface area contributed by atoms with E-state index in [1.165, 1.54) is 11.8 Å². The number of alkyl carbamates (subject to hydrolysis) is 1. The Bertz CT molecular complexity index is 547. The van der Waals surface area contributed by atoms with Crippen LogP contribution in [-0.4, -0.2) is 34.5 Å². The van der Waals surface area contributed by atoms with Crippen molar-refractivity contribution < 1.29 is 9.53 Å². The Morgan fingerprint density at radius 3 is 2.80 bits per heavy atom. The third-order valence-corrected chi connectivity index (χ3v) is 2.70. The lowest BCUT2D eigenvalue weighted by molar-refractivity contribution is 0.0535. The van der Waals surface area contributed by atoms with Gasteiger partial charge in [0.15, 0.2) is 5.16 Å². The Kier molecular flexibility index (Phi) is 6.11. The highest BCUT2D eigenvalue weighted by Gasteiger charge is 2.15. The van der Waals surface area contributed by atoms with Crippen molar-refractivity contribution in [2.24, 2.45) is 0 Å². The number of thioether (sulfide) groups is 1. The summed E-state index contributed by atoms with van der Waals surface area (Å²) in [5, 5.41) is 3.42. The maximum Gasteiger partial charge on any atom is 0.408 e. The maximum atomic E-state index is 11.4. The number of nitrogens with zero attached hydrogens (tertiary/aromatic N) is 2. The van der Waals surface area contributed by atoms with Crippen LogP contribution in [0.25, 0.3) is 0 Å². The largest absolute Gasteiger partial charge is 0.444 e. The first kappa shape index (κ1) is 16.6. The van der Waals surface area contributed by atoms with Crippen LogP contribution in [0.2, 0.25) is 5.15 Å². The van der Waals surface area contributed by atoms with Gasteiger partial charge in [0.1, 0.15) is 10.8 Å². The lowest BCUT2D eigenvalue weighted by atomic mass is 10.2. The topological polar surface area (TPSA) is 64.1 Å². The second-order valence-corrected chi connectivity index (χ2v) is 5.85. The zero-order chi connectivity index (χ0) is 15.2. The van der Waals surface area contributed by atoms with Gasteiger partial charge in [0.2, 0.25) is 0 Å². The molecule has 0 aliphatic carbocycles. The van der Waals surface area contributed by atoms with Crippen LogP contribution in [0.4, 0.5) is 4.79 Å². The predicted molar refractivity (Wildman–Crippen MR) is 79.9 cm³/mol. The summed E-state index contributed by atoms with van der Waals surface area (Å²) in [7, 11) is 0. The van der Waals surface area contributed by atoms with Crippen molar-refractivity contribution in [2.75, 3.05) is 12.8 Å². The summed E-state index contributed by atoms with van der Waals surface area (Å²) in [5.74, 6) is 5.56. The molecule has 1 N–H and O–H groups in total. The van der Waals surface area contributed by atoms with E-state index in [0.29, 0.717) is 15.9 Å². The molecule has 108 valence electrons. The van der Waals surface area contributed by atoms with E-state index in [0.717, 1.165) is 0 Å². The van der Waals surface area contributed by atoms with E-state index >= 15 is 0 Å². The van der Waals surface area contributed by atoms with Crippen molar-refractivity contribution in [3.8, 4) is 11.8 Å². The number of aromatic nitrogens is 2. The first-order valence-electron chi connectivity index (χ1n) is 5.84. The first-order valence-corrected chi connectivity index (χ1v) is 7.44. The molecule has 0 aliphatic heterocycles. The van der Waals surface area contributed by atoms with Crippen LogP contribution in [0.3, 0.4) is 0 Å². The van der Waals surface area contributed by atoms with Gasteiger partial charge >= 0.3 is 6.09 Å². The highest BCUT2D eigenvalue weighted by Crippen LogP contribution is 2.15. The standard InChI is InChI=1S/C13H16ClN3O2S/c1-13(2,3)19-12(18)15-7-5-6-9-8-16-11(20-4)17-10(9)14/h8H,7H2,1-4H3,(H,15,18). The van der Waals surface area contributed by atoms with Crippen LogP contribution in [-0.2, 0) is 4.74 Å². The molecule has 5 nitrogen and oxygen atoms in total. The molecule has 0 unspecified atom stereocenters. The average molecular weight is 314 g/mol. The average Bonchev–Trinajstić information content (AvgIpc) is 2.33. The van der Waals surface area contributed by atoms with Gasteiger partial charge in [-0.2, -0.15) is 0 Å². The molecule has 0 aromatic carbocycles. The monoisotopic (exact) mass is 313 g/mol. The molecular weight excluding hydrogens is 298 g/mol. The van der Waals surface area contributed by atoms with E-state index in [-0.39, 0.29) is 6.54 Å². The van der Waals surface area contributed by atoms with Crippen molar-refractivity contribution in [3.05, 3.63) is 16.9 Å². The van der Waals surface area contributed by atoms with Crippen molar-refractivity contribution in [1.29, 1.82) is 0 Å². The van der Waals surface area contributed by atoms with E-state index in [9.17, 15) is 4.79 Å². The number of ether oxygens (including phenoxy) is 1. The summed E-state index contributed by atoms with van der Waals surface area (Å²) in [6, 6.07) is 0. The first-order chi connectivity index (χ1) is 9.31. The normalized spacial score (nSPS) is 10.4. The van der Waals surface area contributed by atoms with Crippen LogP contribution in [0.15, 0.2) is 11.4 Å². The lowest BCUT2D eigenvalue weighted by Crippen LogP contribution is -2.32. The van der Waals surface area contributed by atoms with Crippen LogP contribution in [0.1, 0.15) is 26.3 Å². The third kappa shape index (κ3) is 6.13. The molecule has 20 heavy (non-hydrogen) atoms. The minimum Gasteiger partial charge on any atom is -0.444 e. The Hall–Kier alpha value is -1.45. The van der Waals surface area contributed by atoms with E-state index in [1.807, 2.05) is 6.26 Å². The molecule has 1 rings (SSSR count). The summed E-state index contributed by atoms with van der Waals surface area (Å²) >= 11 is 7.36. The molecule has 1 amide bonds. The van der Waals surface area contributed by atoms with Gasteiger partial charge in [-0.1, -0.05) is 35.2 Å². The third-order valence-electron chi connectivity index (χ3n) is 1.85. The van der Waals surface area contributed by atoms with Gasteiger partial charge in [-0.3, -0.25) is 0 Å². The Balaban J connectivity index is 2.53. The number of hydrogen-bond acceptors (Lipinski definition) is 5. The number of nitrogens with one attached hydrogen (secondary N) is 1. The number of rotatable bonds is 2. The van der Waals surface area contributed by atoms with Gasteiger partial charge in [-0.25, -0.2) is 14.8 Å². The zero-order valence-corrected chi connectivity index (χ0v) is 13.4. The molecule has 0 saturated heterocycles. The molecule has 0 aliphatic rings. The summed E-state index contributed by atoms with van der Waals surface area (Å²) in [6.45, 7) is 5.55. The van der Waals surface area contributed by atoms with Crippen LogP contribution < -0.4 is 5.32 Å². The SMILES string of the molecule is CSc1ncc(C#CCNC(=O)OC(C)(C)C)c(Cl)n1. The number of halogens is 1. The quantitative estimate of drug-likeness (QED) is 0.393. The molecular formula is C13H16ClN3O2S. The van der Waals surface area contributed by atoms with E-state index < -0.39 is 11.7 Å². The molecule has 0 bridgehead atoms. The van der Waals surface area contributed by atoms with Crippen molar-refractivity contribution in [3.63, 3.8) is 0 Å². The molecule has 0 spiro atoms. The van der Waals surface area contributed by atoms with E-state index in [1.54, 1.807) is 27.0 Å². The van der Waals surface area contributed by atoms with Crippen LogP contribution in [0.5, 0.6) is 0 Å². The highest BCUT2D eigenvalue weighted by molar-refractivity contribution is 7.98. The van der Waals surface area contributed by atoms with Crippen molar-refractivity contribution >= 4 is 29.5 Å². The fourth-order valence-electron chi connectivity index (χ4n) is 1.10. The number of carbonyl (C=O) groups is 1. The summed E-state index contributed by atoms with van der Waals surface area (Å²) in [4.78, 5) is 19.5. The predicted octanol–water partition coefficient (Wildman–Crippen LogP) is 2.73. The number of hydrogen-bond donors (Lipinski definition) is 1. The minimum atomic E-state index is -0.525. The summed E-state index contributed by atoms with van der Waals surface area (Å²) < 4.78 is 5.07. The Labute approximate surface area is 127 Å². The molecule has 1 heterocycles. The molecule has 1 aromatic heterocycles. The van der Waals surface area contributed by atoms with E-state index in [2.05, 4.69) is 27.1 Å². The lowest BCUT2D eigenvalue weighted by Gasteiger charge is -2.18. The van der Waals surface area contributed by atoms with E-state index in [4.69, 9.17) is 16.3 Å². The molecule has 0 saturated carbocycles. The maximum absolute atomic E-state index is 11.4. The molecule has 0 radical (unpaired) electrons. The van der Waals surface area contributed by atoms with Crippen molar-refractivity contribution in [2.45, 2.75) is 31.5 Å². The molecule has 1 aromatic rings. The second-order valence-electron chi connectivity index (χ2n) is 4.72. The van der Waals surface area contributed by atoms with Gasteiger partial charge in [-0.15, -0.1) is 0 Å². The second kappa shape index (κ2) is 7.36. The molecule has 0 atom stereocenters. The zero-order valence-electron chi connectivity index (χ0n) is 11.8. The Morgan fingerprint density at radius 2 is 2.25 bits per heavy atom. The number of carbonyl (C=O) groups excluding carboxylic acids is 1. The Morgan fingerprint density at radius 1 is 1.55 bits per heavy atom. The fraction of sp³-hybridized carbons (Fsp3) is 0.462. The van der Waals surface area contributed by atoms with Gasteiger partial charge in [0, 0.05) is 6.20 Å². The van der Waals surface area contributed by atoms with Gasteiger partial charge in [0.25, 0.3) is 0 Å². The highest BCUT2D eigenvalue weighted by atomic mass is 35.5. The summed E-state index contributed by atoms with van der Waals surface area (Å²) in [6.07, 6.45) is 2.91. The van der Waals surface area contributed by atoms with Gasteiger partial charge in [0.05, 0.1) is 12.1 Å². The van der Waals surface area contributed by atoms with Gasteiger partial charge in [-0.05, 0) is 27.0 Å².